The van der Waals surface area contributed by atoms with E-state index in [-0.39, 0.29) is 35.4 Å². The van der Waals surface area contributed by atoms with Gasteiger partial charge in [-0.2, -0.15) is 0 Å². The van der Waals surface area contributed by atoms with Gasteiger partial charge in [0.15, 0.2) is 0 Å². The Balaban J connectivity index is 2.04. The van der Waals surface area contributed by atoms with Crippen molar-refractivity contribution in [1.82, 2.24) is 10.2 Å². The van der Waals surface area contributed by atoms with Crippen molar-refractivity contribution in [2.24, 2.45) is 5.92 Å². The molecule has 0 aromatic heterocycles. The summed E-state index contributed by atoms with van der Waals surface area (Å²) >= 11 is 6.03. The Bertz CT molecular complexity index is 1370. The first-order chi connectivity index (χ1) is 18.5. The number of rotatable bonds is 12. The van der Waals surface area contributed by atoms with E-state index in [0.717, 1.165) is 10.4 Å². The highest BCUT2D eigenvalue weighted by Crippen LogP contribution is 2.27. The summed E-state index contributed by atoms with van der Waals surface area (Å²) in [5, 5.41) is 3.38. The molecule has 0 heterocycles. The summed E-state index contributed by atoms with van der Waals surface area (Å²) < 4.78 is 43.1. The standard InChI is InChI=1S/C29H33ClFN3O4S/c1-4-26(29(36)32-18-21(2)3)33(19-22-14-16-23(30)17-15-22)28(35)20-34(27-13-9-8-12-25(27)31)39(37,38)24-10-6-5-7-11-24/h5-17,21,26H,4,18-20H2,1-3H3,(H,32,36)/t26-/m0/s1. The minimum Gasteiger partial charge on any atom is -0.354 e. The van der Waals surface area contributed by atoms with Gasteiger partial charge < -0.3 is 10.2 Å². The highest BCUT2D eigenvalue weighted by Gasteiger charge is 2.34. The van der Waals surface area contributed by atoms with Crippen molar-refractivity contribution in [3.05, 3.63) is 95.3 Å². The van der Waals surface area contributed by atoms with Gasteiger partial charge in [-0.25, -0.2) is 12.8 Å². The van der Waals surface area contributed by atoms with Crippen LogP contribution in [0.2, 0.25) is 5.02 Å². The average Bonchev–Trinajstić information content (AvgIpc) is 2.92. The Morgan fingerprint density at radius 1 is 0.949 bits per heavy atom. The summed E-state index contributed by atoms with van der Waals surface area (Å²) in [5.41, 5.74) is 0.435. The van der Waals surface area contributed by atoms with Crippen LogP contribution in [-0.2, 0) is 26.2 Å². The van der Waals surface area contributed by atoms with E-state index in [1.807, 2.05) is 13.8 Å². The molecule has 3 aromatic rings. The number of nitrogens with zero attached hydrogens (tertiary/aromatic N) is 2. The summed E-state index contributed by atoms with van der Waals surface area (Å²) in [5.74, 6) is -1.61. The molecule has 0 bridgehead atoms. The second-order valence-corrected chi connectivity index (χ2v) is 11.8. The highest BCUT2D eigenvalue weighted by molar-refractivity contribution is 7.92. The zero-order valence-electron chi connectivity index (χ0n) is 22.2. The normalized spacial score (nSPS) is 12.2. The van der Waals surface area contributed by atoms with Crippen molar-refractivity contribution in [1.29, 1.82) is 0 Å². The number of amides is 2. The van der Waals surface area contributed by atoms with Gasteiger partial charge in [0.05, 0.1) is 10.6 Å². The Kier molecular flexibility index (Phi) is 10.5. The van der Waals surface area contributed by atoms with E-state index < -0.39 is 34.3 Å². The monoisotopic (exact) mass is 573 g/mol. The lowest BCUT2D eigenvalue weighted by Gasteiger charge is -2.33. The highest BCUT2D eigenvalue weighted by atomic mass is 35.5. The van der Waals surface area contributed by atoms with Gasteiger partial charge in [-0.1, -0.05) is 74.8 Å². The molecule has 0 saturated heterocycles. The predicted octanol–water partition coefficient (Wildman–Crippen LogP) is 5.25. The van der Waals surface area contributed by atoms with Crippen LogP contribution in [0.1, 0.15) is 32.8 Å². The number of sulfonamides is 1. The lowest BCUT2D eigenvalue weighted by Crippen LogP contribution is -2.52. The van der Waals surface area contributed by atoms with Crippen molar-refractivity contribution >= 4 is 39.1 Å². The number of halogens is 2. The molecule has 1 N–H and O–H groups in total. The maximum atomic E-state index is 14.9. The van der Waals surface area contributed by atoms with Gasteiger partial charge in [-0.3, -0.25) is 13.9 Å². The molecular weight excluding hydrogens is 541 g/mol. The summed E-state index contributed by atoms with van der Waals surface area (Å²) in [6.45, 7) is 5.43. The summed E-state index contributed by atoms with van der Waals surface area (Å²) in [4.78, 5) is 28.4. The smallest absolute Gasteiger partial charge is 0.264 e. The Morgan fingerprint density at radius 3 is 2.15 bits per heavy atom. The third kappa shape index (κ3) is 7.80. The van der Waals surface area contributed by atoms with E-state index in [4.69, 9.17) is 11.6 Å². The van der Waals surface area contributed by atoms with Gasteiger partial charge in [0, 0.05) is 18.1 Å². The molecule has 0 aliphatic heterocycles. The van der Waals surface area contributed by atoms with Crippen molar-refractivity contribution in [2.75, 3.05) is 17.4 Å². The molecule has 3 aromatic carbocycles. The third-order valence-electron chi connectivity index (χ3n) is 6.07. The summed E-state index contributed by atoms with van der Waals surface area (Å²) in [7, 11) is -4.33. The maximum Gasteiger partial charge on any atom is 0.264 e. The zero-order chi connectivity index (χ0) is 28.6. The molecule has 1 atom stereocenters. The van der Waals surface area contributed by atoms with Gasteiger partial charge in [0.2, 0.25) is 11.8 Å². The first kappa shape index (κ1) is 30.1. The van der Waals surface area contributed by atoms with Gasteiger partial charge in [0.1, 0.15) is 18.4 Å². The molecule has 0 aliphatic rings. The van der Waals surface area contributed by atoms with E-state index in [1.54, 1.807) is 49.4 Å². The number of hydrogen-bond donors (Lipinski definition) is 1. The first-order valence-corrected chi connectivity index (χ1v) is 14.5. The van der Waals surface area contributed by atoms with Gasteiger partial charge >= 0.3 is 0 Å². The number of benzene rings is 3. The van der Waals surface area contributed by atoms with Crippen LogP contribution in [0.15, 0.2) is 83.8 Å². The zero-order valence-corrected chi connectivity index (χ0v) is 23.8. The maximum absolute atomic E-state index is 14.9. The van der Waals surface area contributed by atoms with E-state index in [0.29, 0.717) is 17.1 Å². The van der Waals surface area contributed by atoms with E-state index in [9.17, 15) is 22.4 Å². The molecule has 0 spiro atoms. The molecule has 2 amide bonds. The second kappa shape index (κ2) is 13.6. The van der Waals surface area contributed by atoms with Crippen LogP contribution < -0.4 is 9.62 Å². The molecular formula is C29H33ClFN3O4S. The molecule has 208 valence electrons. The van der Waals surface area contributed by atoms with Gasteiger partial charge in [-0.05, 0) is 54.3 Å². The molecule has 39 heavy (non-hydrogen) atoms. The number of hydrogen-bond acceptors (Lipinski definition) is 4. The van der Waals surface area contributed by atoms with Gasteiger partial charge in [0.25, 0.3) is 10.0 Å². The van der Waals surface area contributed by atoms with Gasteiger partial charge in [-0.15, -0.1) is 0 Å². The largest absolute Gasteiger partial charge is 0.354 e. The van der Waals surface area contributed by atoms with E-state index in [2.05, 4.69) is 5.32 Å². The third-order valence-corrected chi connectivity index (χ3v) is 8.09. The van der Waals surface area contributed by atoms with Crippen molar-refractivity contribution in [2.45, 2.75) is 44.7 Å². The lowest BCUT2D eigenvalue weighted by atomic mass is 10.1. The van der Waals surface area contributed by atoms with Crippen LogP contribution in [-0.4, -0.2) is 44.3 Å². The van der Waals surface area contributed by atoms with E-state index >= 15 is 0 Å². The van der Waals surface area contributed by atoms with Crippen LogP contribution in [0.4, 0.5) is 10.1 Å². The molecule has 7 nitrogen and oxygen atoms in total. The van der Waals surface area contributed by atoms with Crippen molar-refractivity contribution < 1.29 is 22.4 Å². The van der Waals surface area contributed by atoms with Crippen LogP contribution in [0.5, 0.6) is 0 Å². The fourth-order valence-electron chi connectivity index (χ4n) is 4.02. The minimum atomic E-state index is -4.33. The number of para-hydroxylation sites is 1. The lowest BCUT2D eigenvalue weighted by molar-refractivity contribution is -0.140. The second-order valence-electron chi connectivity index (χ2n) is 9.49. The van der Waals surface area contributed by atoms with Crippen LogP contribution >= 0.6 is 11.6 Å². The Morgan fingerprint density at radius 2 is 1.56 bits per heavy atom. The molecule has 0 fully saturated rings. The van der Waals surface area contributed by atoms with Crippen LogP contribution in [0.25, 0.3) is 0 Å². The van der Waals surface area contributed by atoms with Crippen molar-refractivity contribution in [3.63, 3.8) is 0 Å². The Labute approximate surface area is 234 Å². The van der Waals surface area contributed by atoms with E-state index in [1.165, 1.54) is 35.2 Å². The molecule has 3 rings (SSSR count). The molecule has 0 radical (unpaired) electrons. The van der Waals surface area contributed by atoms with Crippen molar-refractivity contribution in [3.8, 4) is 0 Å². The average molecular weight is 574 g/mol. The van der Waals surface area contributed by atoms with Crippen LogP contribution in [0.3, 0.4) is 0 Å². The first-order valence-electron chi connectivity index (χ1n) is 12.7. The fraction of sp³-hybridized carbons (Fsp3) is 0.310. The summed E-state index contributed by atoms with van der Waals surface area (Å²) in [6.07, 6.45) is 0.286. The molecule has 0 saturated carbocycles. The quantitative estimate of drug-likeness (QED) is 0.320. The number of nitrogens with one attached hydrogen (secondary N) is 1. The Hall–Kier alpha value is -3.43. The molecule has 0 aliphatic carbocycles. The number of carbonyl (C=O) groups excluding carboxylic acids is 2. The fourth-order valence-corrected chi connectivity index (χ4v) is 5.58. The van der Waals surface area contributed by atoms with Crippen LogP contribution in [0, 0.1) is 11.7 Å². The predicted molar refractivity (Wildman–Crippen MR) is 151 cm³/mol. The molecule has 10 heteroatoms. The topological polar surface area (TPSA) is 86.8 Å². The number of carbonyl (C=O) groups is 2. The minimum absolute atomic E-state index is 0.0279. The summed E-state index contributed by atoms with van der Waals surface area (Å²) in [6, 6.07) is 18.8. The number of anilines is 1. The SMILES string of the molecule is CC[C@@H](C(=O)NCC(C)C)N(Cc1ccc(Cl)cc1)C(=O)CN(c1ccccc1F)S(=O)(=O)c1ccccc1. The molecule has 0 unspecified atom stereocenters.